The molecule has 5 heteroatoms. The molecular formula is C28H29NO4. The molecule has 1 aliphatic heterocycles. The monoisotopic (exact) mass is 443 g/mol. The van der Waals surface area contributed by atoms with Gasteiger partial charge in [0.05, 0.1) is 6.61 Å². The molecule has 1 heterocycles. The molecule has 1 saturated heterocycles. The number of hydrogen-bond donors (Lipinski definition) is 1. The summed E-state index contributed by atoms with van der Waals surface area (Å²) in [5.41, 5.74) is 0.657. The van der Waals surface area contributed by atoms with Gasteiger partial charge in [-0.15, -0.1) is 0 Å². The second-order valence-corrected chi connectivity index (χ2v) is 8.32. The summed E-state index contributed by atoms with van der Waals surface area (Å²) in [4.78, 5) is 27.7. The smallest absolute Gasteiger partial charge is 0.228 e. The number of carbonyl (C=O) groups excluding carboxylic acids is 2. The van der Waals surface area contributed by atoms with E-state index in [0.29, 0.717) is 43.9 Å². The standard InChI is InChI=1S/C28H29NO4/c1-2-33-25-15-13-21(14-16-25)26(30)27(31)22-17-19-29(20-18-22)28(32,23-9-5-3-6-10-23)24-11-7-4-8-12-24/h3-16,22,32H,2,17-20H2,1H3. The minimum absolute atomic E-state index is 0.351. The Morgan fingerprint density at radius 1 is 0.879 bits per heavy atom. The molecule has 4 rings (SSSR count). The second-order valence-electron chi connectivity index (χ2n) is 8.32. The first-order valence-corrected chi connectivity index (χ1v) is 11.4. The Hall–Kier alpha value is -3.28. The molecule has 0 atom stereocenters. The molecule has 33 heavy (non-hydrogen) atoms. The minimum Gasteiger partial charge on any atom is -0.494 e. The molecule has 0 saturated carbocycles. The molecule has 170 valence electrons. The first-order chi connectivity index (χ1) is 16.0. The van der Waals surface area contributed by atoms with Gasteiger partial charge in [0.25, 0.3) is 0 Å². The van der Waals surface area contributed by atoms with Crippen LogP contribution in [0.1, 0.15) is 41.3 Å². The summed E-state index contributed by atoms with van der Waals surface area (Å²) in [5.74, 6) is -0.494. The second kappa shape index (κ2) is 10.1. The van der Waals surface area contributed by atoms with E-state index in [2.05, 4.69) is 0 Å². The highest BCUT2D eigenvalue weighted by Crippen LogP contribution is 2.36. The Balaban J connectivity index is 1.48. The number of rotatable bonds is 8. The average molecular weight is 444 g/mol. The predicted octanol–water partition coefficient (Wildman–Crippen LogP) is 4.44. The Bertz CT molecular complexity index is 1030. The van der Waals surface area contributed by atoms with Crippen molar-refractivity contribution >= 4 is 11.6 Å². The zero-order valence-corrected chi connectivity index (χ0v) is 18.8. The van der Waals surface area contributed by atoms with E-state index in [1.807, 2.05) is 72.5 Å². The molecule has 0 aliphatic carbocycles. The number of hydrogen-bond acceptors (Lipinski definition) is 5. The summed E-state index contributed by atoms with van der Waals surface area (Å²) in [5, 5.41) is 11.9. The van der Waals surface area contributed by atoms with Crippen molar-refractivity contribution in [1.82, 2.24) is 4.90 Å². The lowest BCUT2D eigenvalue weighted by molar-refractivity contribution is -0.125. The van der Waals surface area contributed by atoms with Crippen molar-refractivity contribution in [1.29, 1.82) is 0 Å². The Morgan fingerprint density at radius 3 is 1.88 bits per heavy atom. The number of nitrogens with zero attached hydrogens (tertiary/aromatic N) is 1. The van der Waals surface area contributed by atoms with E-state index in [4.69, 9.17) is 4.74 Å². The van der Waals surface area contributed by atoms with Crippen LogP contribution in [0.15, 0.2) is 84.9 Å². The van der Waals surface area contributed by atoms with Crippen LogP contribution < -0.4 is 4.74 Å². The molecule has 1 fully saturated rings. The molecule has 5 nitrogen and oxygen atoms in total. The van der Waals surface area contributed by atoms with E-state index in [1.165, 1.54) is 0 Å². The van der Waals surface area contributed by atoms with E-state index in [1.54, 1.807) is 24.3 Å². The van der Waals surface area contributed by atoms with Crippen molar-refractivity contribution in [2.75, 3.05) is 19.7 Å². The van der Waals surface area contributed by atoms with Gasteiger partial charge < -0.3 is 9.84 Å². The van der Waals surface area contributed by atoms with Gasteiger partial charge in [-0.05, 0) is 44.0 Å². The minimum atomic E-state index is -1.30. The quantitative estimate of drug-likeness (QED) is 0.412. The van der Waals surface area contributed by atoms with Crippen LogP contribution >= 0.6 is 0 Å². The molecule has 0 spiro atoms. The summed E-state index contributed by atoms with van der Waals surface area (Å²) >= 11 is 0. The fraction of sp³-hybridized carbons (Fsp3) is 0.286. The summed E-state index contributed by atoms with van der Waals surface area (Å²) < 4.78 is 5.41. The van der Waals surface area contributed by atoms with Crippen molar-refractivity contribution in [3.8, 4) is 5.75 Å². The molecule has 3 aromatic carbocycles. The molecule has 1 N–H and O–H groups in total. The van der Waals surface area contributed by atoms with Gasteiger partial charge in [-0.3, -0.25) is 14.5 Å². The third-order valence-corrected chi connectivity index (χ3v) is 6.33. The van der Waals surface area contributed by atoms with Crippen LogP contribution in [-0.2, 0) is 10.5 Å². The van der Waals surface area contributed by atoms with Crippen LogP contribution in [0.25, 0.3) is 0 Å². The summed E-state index contributed by atoms with van der Waals surface area (Å²) in [7, 11) is 0. The van der Waals surface area contributed by atoms with Crippen LogP contribution in [0.2, 0.25) is 0 Å². The van der Waals surface area contributed by atoms with Gasteiger partial charge in [0.15, 0.2) is 5.72 Å². The fourth-order valence-electron chi connectivity index (χ4n) is 4.54. The Morgan fingerprint density at radius 2 is 1.39 bits per heavy atom. The third kappa shape index (κ3) is 4.75. The highest BCUT2D eigenvalue weighted by molar-refractivity contribution is 6.44. The maximum Gasteiger partial charge on any atom is 0.228 e. The van der Waals surface area contributed by atoms with Crippen molar-refractivity contribution in [3.05, 3.63) is 102 Å². The van der Waals surface area contributed by atoms with E-state index in [-0.39, 0.29) is 11.7 Å². The molecule has 0 unspecified atom stereocenters. The van der Waals surface area contributed by atoms with Gasteiger partial charge in [-0.2, -0.15) is 0 Å². The summed E-state index contributed by atoms with van der Waals surface area (Å²) in [6.45, 7) is 3.45. The number of benzene rings is 3. The number of ether oxygens (including phenoxy) is 1. The lowest BCUT2D eigenvalue weighted by Crippen LogP contribution is -2.51. The third-order valence-electron chi connectivity index (χ3n) is 6.33. The number of likely N-dealkylation sites (tertiary alicyclic amines) is 1. The number of aliphatic hydroxyl groups is 1. The van der Waals surface area contributed by atoms with Crippen LogP contribution in [-0.4, -0.2) is 41.3 Å². The van der Waals surface area contributed by atoms with Gasteiger partial charge in [-0.25, -0.2) is 0 Å². The van der Waals surface area contributed by atoms with Gasteiger partial charge >= 0.3 is 0 Å². The van der Waals surface area contributed by atoms with Crippen LogP contribution in [0.3, 0.4) is 0 Å². The molecular weight excluding hydrogens is 414 g/mol. The van der Waals surface area contributed by atoms with Crippen LogP contribution in [0, 0.1) is 5.92 Å². The highest BCUT2D eigenvalue weighted by Gasteiger charge is 2.41. The van der Waals surface area contributed by atoms with Gasteiger partial charge in [-0.1, -0.05) is 60.7 Å². The first-order valence-electron chi connectivity index (χ1n) is 11.4. The number of piperidine rings is 1. The van der Waals surface area contributed by atoms with Gasteiger partial charge in [0.1, 0.15) is 5.75 Å². The van der Waals surface area contributed by atoms with Crippen molar-refractivity contribution in [3.63, 3.8) is 0 Å². The zero-order valence-electron chi connectivity index (χ0n) is 18.8. The van der Waals surface area contributed by atoms with Gasteiger partial charge in [0.2, 0.25) is 11.6 Å². The van der Waals surface area contributed by atoms with Crippen LogP contribution in [0.4, 0.5) is 0 Å². The largest absolute Gasteiger partial charge is 0.494 e. The Kier molecular flexibility index (Phi) is 7.02. The maximum absolute atomic E-state index is 12.9. The zero-order chi connectivity index (χ0) is 23.3. The maximum atomic E-state index is 12.9. The van der Waals surface area contributed by atoms with E-state index in [9.17, 15) is 14.7 Å². The molecule has 0 aromatic heterocycles. The SMILES string of the molecule is CCOc1ccc(C(=O)C(=O)C2CCN(C(O)(c3ccccc3)c3ccccc3)CC2)cc1. The average Bonchev–Trinajstić information content (AvgIpc) is 2.89. The molecule has 0 radical (unpaired) electrons. The molecule has 0 bridgehead atoms. The highest BCUT2D eigenvalue weighted by atomic mass is 16.5. The Labute approximate surface area is 194 Å². The number of carbonyl (C=O) groups is 2. The lowest BCUT2D eigenvalue weighted by atomic mass is 9.85. The summed E-state index contributed by atoms with van der Waals surface area (Å²) in [6, 6.07) is 25.9. The molecule has 3 aromatic rings. The first kappa shape index (κ1) is 22.9. The van der Waals surface area contributed by atoms with Gasteiger partial charge in [0, 0.05) is 35.7 Å². The molecule has 1 aliphatic rings. The van der Waals surface area contributed by atoms with Crippen molar-refractivity contribution < 1.29 is 19.4 Å². The summed E-state index contributed by atoms with van der Waals surface area (Å²) in [6.07, 6.45) is 1.03. The van der Waals surface area contributed by atoms with Crippen molar-refractivity contribution in [2.24, 2.45) is 5.92 Å². The van der Waals surface area contributed by atoms with E-state index in [0.717, 1.165) is 11.1 Å². The number of Topliss-reactive ketones (excluding diaryl/α,β-unsaturated/α-hetero) is 2. The topological polar surface area (TPSA) is 66.8 Å². The lowest BCUT2D eigenvalue weighted by Gasteiger charge is -2.44. The van der Waals surface area contributed by atoms with Crippen molar-refractivity contribution in [2.45, 2.75) is 25.5 Å². The van der Waals surface area contributed by atoms with E-state index < -0.39 is 11.5 Å². The fourth-order valence-corrected chi connectivity index (χ4v) is 4.54. The number of ketones is 2. The predicted molar refractivity (Wildman–Crippen MR) is 127 cm³/mol. The van der Waals surface area contributed by atoms with E-state index >= 15 is 0 Å². The normalized spacial score (nSPS) is 15.2. The van der Waals surface area contributed by atoms with Crippen LogP contribution in [0.5, 0.6) is 5.75 Å². The molecule has 0 amide bonds.